The van der Waals surface area contributed by atoms with E-state index < -0.39 is 11.7 Å². The maximum Gasteiger partial charge on any atom is 0.250 e. The van der Waals surface area contributed by atoms with E-state index >= 15 is 0 Å². The summed E-state index contributed by atoms with van der Waals surface area (Å²) < 4.78 is 13.2. The van der Waals surface area contributed by atoms with Crippen LogP contribution in [0.25, 0.3) is 0 Å². The van der Waals surface area contributed by atoms with Crippen molar-refractivity contribution in [3.63, 3.8) is 0 Å². The lowest BCUT2D eigenvalue weighted by atomic mass is 10.1. The van der Waals surface area contributed by atoms with Gasteiger partial charge in [-0.05, 0) is 34.7 Å². The highest BCUT2D eigenvalue weighted by atomic mass is 127. The molecule has 0 spiro atoms. The highest BCUT2D eigenvalue weighted by molar-refractivity contribution is 14.1. The van der Waals surface area contributed by atoms with Gasteiger partial charge < -0.3 is 5.73 Å². The molecule has 13 heavy (non-hydrogen) atoms. The number of halogens is 2. The summed E-state index contributed by atoms with van der Waals surface area (Å²) in [6, 6.07) is 3.93. The molecule has 1 aromatic carbocycles. The van der Waals surface area contributed by atoms with Crippen molar-refractivity contribution in [2.75, 3.05) is 0 Å². The fraction of sp³-hybridized carbons (Fsp3) is 0. The maximum absolute atomic E-state index is 12.8. The molecule has 1 amide bonds. The Hall–Kier alpha value is -1.16. The van der Waals surface area contributed by atoms with Crippen molar-refractivity contribution < 1.29 is 9.18 Å². The van der Waals surface area contributed by atoms with Gasteiger partial charge in [-0.15, -0.1) is 0 Å². The van der Waals surface area contributed by atoms with Crippen molar-refractivity contribution in [1.29, 1.82) is 5.26 Å². The quantitative estimate of drug-likeness (QED) is 0.794. The molecule has 0 saturated heterocycles. The first-order chi connectivity index (χ1) is 6.06. The Morgan fingerprint density at radius 2 is 2.23 bits per heavy atom. The molecule has 0 atom stereocenters. The Kier molecular flexibility index (Phi) is 2.83. The highest BCUT2D eigenvalue weighted by Gasteiger charge is 2.12. The Balaban J connectivity index is 3.50. The van der Waals surface area contributed by atoms with Gasteiger partial charge in [-0.2, -0.15) is 5.26 Å². The minimum absolute atomic E-state index is 0.0769. The molecule has 3 nitrogen and oxygen atoms in total. The van der Waals surface area contributed by atoms with Gasteiger partial charge in [0.25, 0.3) is 0 Å². The molecule has 0 unspecified atom stereocenters. The number of benzene rings is 1. The van der Waals surface area contributed by atoms with E-state index in [-0.39, 0.29) is 11.1 Å². The van der Waals surface area contributed by atoms with Gasteiger partial charge in [0.1, 0.15) is 11.9 Å². The zero-order valence-electron chi connectivity index (χ0n) is 6.34. The van der Waals surface area contributed by atoms with Crippen LogP contribution in [-0.4, -0.2) is 5.91 Å². The third kappa shape index (κ3) is 1.95. The third-order valence-corrected chi connectivity index (χ3v) is 2.28. The van der Waals surface area contributed by atoms with Crippen LogP contribution < -0.4 is 5.73 Å². The van der Waals surface area contributed by atoms with Gasteiger partial charge in [-0.25, -0.2) is 4.39 Å². The number of amides is 1. The van der Waals surface area contributed by atoms with E-state index in [4.69, 9.17) is 11.0 Å². The summed E-state index contributed by atoms with van der Waals surface area (Å²) in [4.78, 5) is 10.8. The highest BCUT2D eigenvalue weighted by Crippen LogP contribution is 2.17. The number of nitrogens with two attached hydrogens (primary N) is 1. The topological polar surface area (TPSA) is 66.9 Å². The minimum atomic E-state index is -0.797. The maximum atomic E-state index is 12.8. The van der Waals surface area contributed by atoms with Crippen molar-refractivity contribution in [3.05, 3.63) is 32.6 Å². The van der Waals surface area contributed by atoms with E-state index in [9.17, 15) is 9.18 Å². The molecule has 2 N–H and O–H groups in total. The molecule has 0 saturated carbocycles. The van der Waals surface area contributed by atoms with Crippen LogP contribution in [0.15, 0.2) is 12.1 Å². The number of hydrogen-bond acceptors (Lipinski definition) is 2. The van der Waals surface area contributed by atoms with Gasteiger partial charge in [0, 0.05) is 3.57 Å². The van der Waals surface area contributed by atoms with E-state index in [0.717, 1.165) is 6.07 Å². The first-order valence-corrected chi connectivity index (χ1v) is 4.33. The Bertz CT molecular complexity index is 411. The minimum Gasteiger partial charge on any atom is -0.366 e. The first-order valence-electron chi connectivity index (χ1n) is 3.25. The van der Waals surface area contributed by atoms with E-state index in [1.807, 2.05) is 0 Å². The number of nitriles is 1. The second-order valence-corrected chi connectivity index (χ2v) is 3.45. The lowest BCUT2D eigenvalue weighted by molar-refractivity contribution is 0.0999. The van der Waals surface area contributed by atoms with E-state index in [1.165, 1.54) is 6.07 Å². The molecule has 0 aromatic heterocycles. The number of primary amides is 1. The number of nitrogens with zero attached hydrogens (tertiary/aromatic N) is 1. The van der Waals surface area contributed by atoms with E-state index in [0.29, 0.717) is 3.57 Å². The van der Waals surface area contributed by atoms with Crippen molar-refractivity contribution in [2.45, 2.75) is 0 Å². The first kappa shape index (κ1) is 9.92. The molecular formula is C8H4FIN2O. The van der Waals surface area contributed by atoms with Crippen LogP contribution >= 0.6 is 22.6 Å². The smallest absolute Gasteiger partial charge is 0.250 e. The predicted molar refractivity (Wildman–Crippen MR) is 52.3 cm³/mol. The van der Waals surface area contributed by atoms with E-state index in [1.54, 1.807) is 28.7 Å². The molecule has 0 aliphatic heterocycles. The molecule has 0 bridgehead atoms. The number of hydrogen-bond donors (Lipinski definition) is 1. The van der Waals surface area contributed by atoms with Crippen molar-refractivity contribution >= 4 is 28.5 Å². The monoisotopic (exact) mass is 290 g/mol. The predicted octanol–water partition coefficient (Wildman–Crippen LogP) is 1.40. The summed E-state index contributed by atoms with van der Waals surface area (Å²) in [6.45, 7) is 0. The zero-order valence-corrected chi connectivity index (χ0v) is 8.50. The number of carbonyl (C=O) groups excluding carboxylic acids is 1. The second kappa shape index (κ2) is 3.70. The SMILES string of the molecule is N#Cc1c(I)cc(F)cc1C(N)=O. The standard InChI is InChI=1S/C8H4FIN2O/c9-4-1-5(8(12)13)6(3-11)7(10)2-4/h1-2H,(H2,12,13). The van der Waals surface area contributed by atoms with Gasteiger partial charge in [0.2, 0.25) is 5.91 Å². The Morgan fingerprint density at radius 1 is 1.62 bits per heavy atom. The molecule has 5 heteroatoms. The lowest BCUT2D eigenvalue weighted by Gasteiger charge is -2.01. The molecule has 66 valence electrons. The van der Waals surface area contributed by atoms with Gasteiger partial charge in [0.05, 0.1) is 11.1 Å². The molecule has 0 aliphatic rings. The summed E-state index contributed by atoms with van der Waals surface area (Å²) in [5.41, 5.74) is 5.01. The second-order valence-electron chi connectivity index (χ2n) is 2.29. The molecular weight excluding hydrogens is 286 g/mol. The van der Waals surface area contributed by atoms with Crippen molar-refractivity contribution in [3.8, 4) is 6.07 Å². The molecule has 0 heterocycles. The molecule has 1 rings (SSSR count). The lowest BCUT2D eigenvalue weighted by Crippen LogP contribution is -2.14. The van der Waals surface area contributed by atoms with Gasteiger partial charge in [0.15, 0.2) is 0 Å². The van der Waals surface area contributed by atoms with Crippen LogP contribution in [0.3, 0.4) is 0 Å². The summed E-state index contributed by atoms with van der Waals surface area (Å²) in [6.07, 6.45) is 0. The summed E-state index contributed by atoms with van der Waals surface area (Å²) in [7, 11) is 0. The van der Waals surface area contributed by atoms with Crippen molar-refractivity contribution in [2.24, 2.45) is 5.73 Å². The van der Waals surface area contributed by atoms with Crippen LogP contribution in [0.5, 0.6) is 0 Å². The van der Waals surface area contributed by atoms with Crippen molar-refractivity contribution in [1.82, 2.24) is 0 Å². The van der Waals surface area contributed by atoms with Crippen LogP contribution in [0.1, 0.15) is 15.9 Å². The normalized spacial score (nSPS) is 9.31. The van der Waals surface area contributed by atoms with Crippen LogP contribution in [0, 0.1) is 20.7 Å². The summed E-state index contributed by atoms with van der Waals surface area (Å²) >= 11 is 1.77. The molecule has 0 radical (unpaired) electrons. The average molecular weight is 290 g/mol. The largest absolute Gasteiger partial charge is 0.366 e. The number of rotatable bonds is 1. The van der Waals surface area contributed by atoms with Gasteiger partial charge in [-0.3, -0.25) is 4.79 Å². The van der Waals surface area contributed by atoms with Crippen LogP contribution in [0.4, 0.5) is 4.39 Å². The third-order valence-electron chi connectivity index (χ3n) is 1.43. The molecule has 0 fully saturated rings. The fourth-order valence-corrected chi connectivity index (χ4v) is 1.59. The molecule has 1 aromatic rings. The van der Waals surface area contributed by atoms with E-state index in [2.05, 4.69) is 0 Å². The summed E-state index contributed by atoms with van der Waals surface area (Å²) in [5, 5.41) is 8.65. The Morgan fingerprint density at radius 3 is 2.69 bits per heavy atom. The van der Waals surface area contributed by atoms with Crippen LogP contribution in [0.2, 0.25) is 0 Å². The Labute approximate surface area is 87.5 Å². The van der Waals surface area contributed by atoms with Gasteiger partial charge >= 0.3 is 0 Å². The zero-order chi connectivity index (χ0) is 10.0. The van der Waals surface area contributed by atoms with Crippen LogP contribution in [-0.2, 0) is 0 Å². The fourth-order valence-electron chi connectivity index (χ4n) is 0.882. The van der Waals surface area contributed by atoms with Gasteiger partial charge in [-0.1, -0.05) is 0 Å². The summed E-state index contributed by atoms with van der Waals surface area (Å²) in [5.74, 6) is -1.37. The average Bonchev–Trinajstić information content (AvgIpc) is 2.02. The number of carbonyl (C=O) groups is 1. The molecule has 0 aliphatic carbocycles.